The van der Waals surface area contributed by atoms with Gasteiger partial charge in [-0.05, 0) is 55.7 Å². The van der Waals surface area contributed by atoms with Crippen molar-refractivity contribution in [3.63, 3.8) is 0 Å². The molecular weight excluding hydrogens is 485 g/mol. The van der Waals surface area contributed by atoms with Gasteiger partial charge in [-0.2, -0.15) is 0 Å². The predicted molar refractivity (Wildman–Crippen MR) is 127 cm³/mol. The van der Waals surface area contributed by atoms with Crippen molar-refractivity contribution in [2.24, 2.45) is 11.8 Å². The van der Waals surface area contributed by atoms with Crippen LogP contribution in [0.5, 0.6) is 0 Å². The molecule has 3 aliphatic rings. The van der Waals surface area contributed by atoms with E-state index in [1.807, 2.05) is 0 Å². The van der Waals surface area contributed by atoms with Crippen LogP contribution in [0.25, 0.3) is 0 Å². The van der Waals surface area contributed by atoms with Crippen LogP contribution in [0.15, 0.2) is 35.2 Å². The van der Waals surface area contributed by atoms with Crippen LogP contribution >= 0.6 is 23.4 Å². The minimum Gasteiger partial charge on any atom is -0.379 e. The van der Waals surface area contributed by atoms with Crippen molar-refractivity contribution < 1.29 is 22.7 Å². The van der Waals surface area contributed by atoms with Gasteiger partial charge in [-0.25, -0.2) is 13.2 Å². The number of rotatable bonds is 5. The minimum atomic E-state index is -1.57. The number of benzene rings is 2. The molecule has 2 aromatic carbocycles. The number of thioether (sulfide) groups is 1. The first-order valence-electron chi connectivity index (χ1n) is 11.6. The Morgan fingerprint density at radius 1 is 1.03 bits per heavy atom. The van der Waals surface area contributed by atoms with E-state index in [0.717, 1.165) is 56.2 Å². The van der Waals surface area contributed by atoms with E-state index in [1.165, 1.54) is 12.8 Å². The molecule has 0 aromatic heterocycles. The number of ether oxygens (including phenoxy) is 1. The molecule has 1 aliphatic heterocycles. The summed E-state index contributed by atoms with van der Waals surface area (Å²) in [5.41, 5.74) is 0.172. The lowest BCUT2D eigenvalue weighted by molar-refractivity contribution is -0.0103. The Hall–Kier alpha value is -1.74. The summed E-state index contributed by atoms with van der Waals surface area (Å²) < 4.78 is 45.7. The number of nitrogens with zero attached hydrogens (tertiary/aromatic N) is 1. The molecule has 2 aromatic rings. The van der Waals surface area contributed by atoms with E-state index in [0.29, 0.717) is 33.7 Å². The summed E-state index contributed by atoms with van der Waals surface area (Å²) in [6.07, 6.45) is 4.74. The third-order valence-electron chi connectivity index (χ3n) is 7.20. The maximum atomic E-state index is 13.5. The fourth-order valence-electron chi connectivity index (χ4n) is 5.75. The van der Waals surface area contributed by atoms with Crippen molar-refractivity contribution in [2.45, 2.75) is 41.9 Å². The molecule has 4 nitrogen and oxygen atoms in total. The highest BCUT2D eigenvalue weighted by Gasteiger charge is 2.45. The first-order valence-corrected chi connectivity index (χ1v) is 12.9. The molecule has 3 fully saturated rings. The molecule has 1 saturated heterocycles. The van der Waals surface area contributed by atoms with Gasteiger partial charge in [0, 0.05) is 52.7 Å². The van der Waals surface area contributed by atoms with Crippen molar-refractivity contribution in [3.8, 4) is 0 Å². The lowest BCUT2D eigenvalue weighted by Gasteiger charge is -2.43. The van der Waals surface area contributed by atoms with E-state index >= 15 is 0 Å². The number of fused-ring (bicyclic) bond motifs is 2. The molecule has 0 radical (unpaired) electrons. The minimum absolute atomic E-state index is 0.149. The number of morpholine rings is 1. The Balaban J connectivity index is 1.26. The molecule has 2 aliphatic carbocycles. The predicted octanol–water partition coefficient (Wildman–Crippen LogP) is 5.99. The maximum Gasteiger partial charge on any atom is 0.255 e. The Bertz CT molecular complexity index is 1050. The van der Waals surface area contributed by atoms with Crippen molar-refractivity contribution in [2.75, 3.05) is 31.6 Å². The van der Waals surface area contributed by atoms with Gasteiger partial charge in [0.15, 0.2) is 17.5 Å². The smallest absolute Gasteiger partial charge is 0.255 e. The quantitative estimate of drug-likeness (QED) is 0.502. The summed E-state index contributed by atoms with van der Waals surface area (Å²) in [6, 6.07) is 7.10. The highest BCUT2D eigenvalue weighted by molar-refractivity contribution is 8.00. The Kier molecular flexibility index (Phi) is 7.12. The molecule has 4 atom stereocenters. The summed E-state index contributed by atoms with van der Waals surface area (Å²) in [4.78, 5) is 16.1. The molecule has 2 saturated carbocycles. The number of halogens is 4. The average Bonchev–Trinajstić information content (AvgIpc) is 3.09. The van der Waals surface area contributed by atoms with Gasteiger partial charge >= 0.3 is 0 Å². The van der Waals surface area contributed by atoms with Gasteiger partial charge in [-0.1, -0.05) is 11.6 Å². The number of hydrogen-bond donors (Lipinski definition) is 1. The second-order valence-electron chi connectivity index (χ2n) is 9.30. The highest BCUT2D eigenvalue weighted by Crippen LogP contribution is 2.50. The van der Waals surface area contributed by atoms with Gasteiger partial charge in [0.05, 0.1) is 18.2 Å². The Morgan fingerprint density at radius 3 is 2.32 bits per heavy atom. The summed E-state index contributed by atoms with van der Waals surface area (Å²) in [5, 5.41) is 3.42. The van der Waals surface area contributed by atoms with E-state index in [4.69, 9.17) is 16.3 Å². The van der Waals surface area contributed by atoms with E-state index < -0.39 is 23.4 Å². The van der Waals surface area contributed by atoms with Crippen LogP contribution in [-0.4, -0.2) is 48.4 Å². The van der Waals surface area contributed by atoms with E-state index in [9.17, 15) is 18.0 Å². The zero-order chi connectivity index (χ0) is 23.8. The number of anilines is 1. The zero-order valence-electron chi connectivity index (χ0n) is 18.5. The van der Waals surface area contributed by atoms with Gasteiger partial charge in [-0.3, -0.25) is 9.69 Å². The number of nitrogens with one attached hydrogen (secondary N) is 1. The summed E-state index contributed by atoms with van der Waals surface area (Å²) >= 11 is 8.17. The number of carbonyl (C=O) groups excluding carboxylic acids is 1. The molecule has 2 bridgehead atoms. The third kappa shape index (κ3) is 4.96. The van der Waals surface area contributed by atoms with Crippen LogP contribution in [0, 0.1) is 29.3 Å². The van der Waals surface area contributed by atoms with Crippen LogP contribution in [0.4, 0.5) is 18.9 Å². The second-order valence-corrected chi connectivity index (χ2v) is 11.1. The van der Waals surface area contributed by atoms with Crippen LogP contribution in [0.2, 0.25) is 5.02 Å². The number of hydrogen-bond acceptors (Lipinski definition) is 4. The lowest BCUT2D eigenvalue weighted by atomic mass is 9.82. The molecule has 34 heavy (non-hydrogen) atoms. The zero-order valence-corrected chi connectivity index (χ0v) is 20.1. The summed E-state index contributed by atoms with van der Waals surface area (Å²) in [6.45, 7) is 3.66. The molecule has 5 rings (SSSR count). The van der Waals surface area contributed by atoms with Gasteiger partial charge in [-0.15, -0.1) is 11.8 Å². The Labute approximate surface area is 206 Å². The fraction of sp³-hybridized carbons (Fsp3) is 0.480. The highest BCUT2D eigenvalue weighted by atomic mass is 35.5. The molecule has 3 unspecified atom stereocenters. The summed E-state index contributed by atoms with van der Waals surface area (Å²) in [5.74, 6) is -3.49. The Morgan fingerprint density at radius 2 is 1.68 bits per heavy atom. The van der Waals surface area contributed by atoms with Gasteiger partial charge in [0.2, 0.25) is 0 Å². The first-order chi connectivity index (χ1) is 16.4. The topological polar surface area (TPSA) is 41.6 Å². The van der Waals surface area contributed by atoms with E-state index in [2.05, 4.69) is 10.2 Å². The van der Waals surface area contributed by atoms with E-state index in [-0.39, 0.29) is 5.69 Å². The third-order valence-corrected chi connectivity index (χ3v) is 8.95. The van der Waals surface area contributed by atoms with Gasteiger partial charge in [0.25, 0.3) is 5.91 Å². The average molecular weight is 511 g/mol. The van der Waals surface area contributed by atoms with E-state index in [1.54, 1.807) is 30.0 Å². The molecular formula is C25H26ClF3N2O2S. The maximum absolute atomic E-state index is 13.5. The van der Waals surface area contributed by atoms with Crippen molar-refractivity contribution in [1.29, 1.82) is 0 Å². The molecule has 1 N–H and O–H groups in total. The standard InChI is InChI=1S/C25H26ClF3N2O2S/c26-19-4-3-16(25(32)30-17-12-20(27)23(29)21(28)13-17)11-22(19)34-18-9-14-1-2-15(10-18)24(14)31-5-7-33-8-6-31/h3-4,11-15,18,24H,1-2,5-10H2,(H,30,32)/t14-,15?,18?,24?/m0/s1. The molecule has 9 heteroatoms. The summed E-state index contributed by atoms with van der Waals surface area (Å²) in [7, 11) is 0. The number of carbonyl (C=O) groups is 1. The van der Waals surface area contributed by atoms with Crippen LogP contribution in [0.1, 0.15) is 36.0 Å². The van der Waals surface area contributed by atoms with Gasteiger partial charge < -0.3 is 10.1 Å². The monoisotopic (exact) mass is 510 g/mol. The normalized spacial score (nSPS) is 27.1. The van der Waals surface area contributed by atoms with Crippen LogP contribution in [-0.2, 0) is 4.74 Å². The molecule has 0 spiro atoms. The number of amides is 1. The molecule has 182 valence electrons. The van der Waals surface area contributed by atoms with Crippen molar-refractivity contribution in [1.82, 2.24) is 4.90 Å². The largest absolute Gasteiger partial charge is 0.379 e. The molecule has 1 amide bonds. The van der Waals surface area contributed by atoms with Crippen LogP contribution < -0.4 is 5.32 Å². The SMILES string of the molecule is O=C(Nc1cc(F)c(F)c(F)c1)c1ccc(Cl)c(SC2CC3CC[C@@H](C2)C3N2CCOCC2)c1. The second kappa shape index (κ2) is 10.1. The first kappa shape index (κ1) is 24.0. The van der Waals surface area contributed by atoms with Gasteiger partial charge in [0.1, 0.15) is 0 Å². The van der Waals surface area contributed by atoms with Crippen molar-refractivity contribution >= 4 is 35.0 Å². The fourth-order valence-corrected chi connectivity index (χ4v) is 7.43. The van der Waals surface area contributed by atoms with Crippen LogP contribution in [0.3, 0.4) is 0 Å². The lowest BCUT2D eigenvalue weighted by Crippen LogP contribution is -2.50. The van der Waals surface area contributed by atoms with Crippen molar-refractivity contribution in [3.05, 3.63) is 58.4 Å². The molecule has 1 heterocycles.